The molecular formula is C31H32FN9O2S. The maximum absolute atomic E-state index is 13.6. The van der Waals surface area contributed by atoms with E-state index in [1.807, 2.05) is 23.0 Å². The van der Waals surface area contributed by atoms with Gasteiger partial charge in [-0.1, -0.05) is 11.3 Å². The third-order valence-corrected chi connectivity index (χ3v) is 10.5. The Morgan fingerprint density at radius 3 is 2.55 bits per heavy atom. The zero-order valence-corrected chi connectivity index (χ0v) is 25.2. The van der Waals surface area contributed by atoms with Gasteiger partial charge >= 0.3 is 6.03 Å². The predicted octanol–water partition coefficient (Wildman–Crippen LogP) is 4.37. The minimum absolute atomic E-state index is 0.0502. The highest BCUT2D eigenvalue weighted by atomic mass is 32.1. The van der Waals surface area contributed by atoms with Crippen LogP contribution in [0.2, 0.25) is 0 Å². The molecule has 1 spiro atoms. The first-order valence-corrected chi connectivity index (χ1v) is 15.9. The van der Waals surface area contributed by atoms with Crippen molar-refractivity contribution in [3.8, 4) is 17.3 Å². The van der Waals surface area contributed by atoms with Crippen molar-refractivity contribution < 1.29 is 14.3 Å². The number of halogens is 1. The van der Waals surface area contributed by atoms with Crippen LogP contribution in [0.5, 0.6) is 0 Å². The molecule has 4 aromatic rings. The van der Waals surface area contributed by atoms with Crippen LogP contribution in [0.1, 0.15) is 36.6 Å². The number of nitrogens with zero attached hydrogens (tertiary/aromatic N) is 9. The van der Waals surface area contributed by atoms with Gasteiger partial charge in [0.2, 0.25) is 0 Å². The zero-order chi connectivity index (χ0) is 30.2. The van der Waals surface area contributed by atoms with Crippen molar-refractivity contribution in [3.05, 3.63) is 47.2 Å². The van der Waals surface area contributed by atoms with Gasteiger partial charge in [0.25, 0.3) is 0 Å². The zero-order valence-electron chi connectivity index (χ0n) is 24.4. The van der Waals surface area contributed by atoms with Gasteiger partial charge in [-0.3, -0.25) is 0 Å². The van der Waals surface area contributed by atoms with Crippen molar-refractivity contribution in [1.82, 2.24) is 29.5 Å². The quantitative estimate of drug-likeness (QED) is 0.353. The molecule has 1 aliphatic carbocycles. The Morgan fingerprint density at radius 1 is 1.16 bits per heavy atom. The fourth-order valence-corrected chi connectivity index (χ4v) is 7.58. The number of carbonyl (C=O) groups is 1. The molecular weight excluding hydrogens is 581 g/mol. The minimum Gasteiger partial charge on any atom is -0.389 e. The van der Waals surface area contributed by atoms with Crippen LogP contribution in [0.25, 0.3) is 22.3 Å². The van der Waals surface area contributed by atoms with Crippen molar-refractivity contribution in [2.75, 3.05) is 56.1 Å². The van der Waals surface area contributed by atoms with Gasteiger partial charge in [0.15, 0.2) is 10.8 Å². The molecule has 0 bridgehead atoms. The van der Waals surface area contributed by atoms with Crippen LogP contribution >= 0.6 is 11.3 Å². The molecule has 3 saturated heterocycles. The topological polar surface area (TPSA) is 118 Å². The lowest BCUT2D eigenvalue weighted by atomic mass is 9.72. The number of amides is 2. The number of anilines is 3. The van der Waals surface area contributed by atoms with Gasteiger partial charge in [0, 0.05) is 44.2 Å². The smallest absolute Gasteiger partial charge is 0.320 e. The number of piperidine rings is 1. The van der Waals surface area contributed by atoms with Crippen LogP contribution in [0.3, 0.4) is 0 Å². The van der Waals surface area contributed by atoms with Gasteiger partial charge in [-0.25, -0.2) is 23.8 Å². The molecule has 8 rings (SSSR count). The molecule has 6 heterocycles. The summed E-state index contributed by atoms with van der Waals surface area (Å²) in [7, 11) is 1.95. The Kier molecular flexibility index (Phi) is 6.29. The number of rotatable bonds is 5. The molecule has 226 valence electrons. The number of aromatic nitrogens is 4. The number of aliphatic hydroxyl groups is 1. The molecule has 44 heavy (non-hydrogen) atoms. The van der Waals surface area contributed by atoms with E-state index in [0.29, 0.717) is 46.0 Å². The molecule has 2 amide bonds. The molecule has 1 N–H and O–H groups in total. The predicted molar refractivity (Wildman–Crippen MR) is 165 cm³/mol. The lowest BCUT2D eigenvalue weighted by Crippen LogP contribution is -2.67. The van der Waals surface area contributed by atoms with E-state index in [-0.39, 0.29) is 23.4 Å². The normalized spacial score (nSPS) is 19.6. The third-order valence-electron chi connectivity index (χ3n) is 9.49. The van der Waals surface area contributed by atoms with Gasteiger partial charge in [-0.2, -0.15) is 10.4 Å². The number of fused-ring (bicyclic) bond motifs is 1. The highest BCUT2D eigenvalue weighted by Gasteiger charge is 2.48. The van der Waals surface area contributed by atoms with Crippen molar-refractivity contribution in [3.63, 3.8) is 0 Å². The molecule has 1 aromatic carbocycles. The van der Waals surface area contributed by atoms with Crippen LogP contribution in [0.4, 0.5) is 25.8 Å². The number of carbonyl (C=O) groups excluding carboxylic acids is 1. The van der Waals surface area contributed by atoms with E-state index in [9.17, 15) is 19.6 Å². The Morgan fingerprint density at radius 2 is 1.89 bits per heavy atom. The average Bonchev–Trinajstić information content (AvgIpc) is 3.65. The molecule has 4 aliphatic rings. The SMILES string of the molecule is CN(c1nc(-c2ccc(F)cc2)c(C#N)s1)c1c2cc(N3CCC4(CC3)CN(C(=O)N3CC(O)C3)C4)cnc2nn1C1CC1. The number of aliphatic hydroxyl groups excluding tert-OH is 1. The first-order chi connectivity index (χ1) is 21.3. The van der Waals surface area contributed by atoms with Gasteiger partial charge in [0.05, 0.1) is 42.5 Å². The fraction of sp³-hybridized carbons (Fsp3) is 0.452. The summed E-state index contributed by atoms with van der Waals surface area (Å²) in [6.07, 6.45) is 5.65. The van der Waals surface area contributed by atoms with Gasteiger partial charge in [-0.15, -0.1) is 0 Å². The summed E-state index contributed by atoms with van der Waals surface area (Å²) in [5.74, 6) is 0.568. The lowest BCUT2D eigenvalue weighted by Gasteiger charge is -2.55. The number of likely N-dealkylation sites (tertiary alicyclic amines) is 2. The van der Waals surface area contributed by atoms with Crippen LogP contribution in [-0.2, 0) is 0 Å². The van der Waals surface area contributed by atoms with E-state index in [1.54, 1.807) is 17.0 Å². The number of thiazole rings is 1. The van der Waals surface area contributed by atoms with Crippen molar-refractivity contribution >= 4 is 45.0 Å². The summed E-state index contributed by atoms with van der Waals surface area (Å²) in [4.78, 5) is 30.7. The number of hydrogen-bond donors (Lipinski definition) is 1. The Labute approximate surface area is 257 Å². The van der Waals surface area contributed by atoms with Crippen molar-refractivity contribution in [2.45, 2.75) is 37.8 Å². The summed E-state index contributed by atoms with van der Waals surface area (Å²) in [6, 6.07) is 10.8. The highest BCUT2D eigenvalue weighted by molar-refractivity contribution is 7.16. The molecule has 0 atom stereocenters. The second-order valence-electron chi connectivity index (χ2n) is 12.6. The molecule has 0 radical (unpaired) electrons. The molecule has 1 saturated carbocycles. The van der Waals surface area contributed by atoms with Crippen LogP contribution in [-0.4, -0.2) is 93.1 Å². The van der Waals surface area contributed by atoms with Gasteiger partial charge < -0.3 is 24.7 Å². The number of nitriles is 1. The standard InChI is InChI=1S/C31H32FN9O2S/c1-37(29-35-26(25(13-33)44-29)19-2-4-20(32)5-3-19)28-24-12-22(14-34-27(24)36-41(28)21-6-7-21)38-10-8-31(9-11-38)17-40(18-31)30(43)39-15-23(42)16-39/h2-5,12,14,21,23,42H,6-11,15-18H2,1H3. The van der Waals surface area contributed by atoms with Gasteiger partial charge in [0.1, 0.15) is 28.3 Å². The van der Waals surface area contributed by atoms with Crippen LogP contribution in [0.15, 0.2) is 36.5 Å². The maximum Gasteiger partial charge on any atom is 0.320 e. The molecule has 0 unspecified atom stereocenters. The number of hydrogen-bond acceptors (Lipinski definition) is 9. The molecule has 4 fully saturated rings. The van der Waals surface area contributed by atoms with Crippen LogP contribution < -0.4 is 9.80 Å². The number of pyridine rings is 1. The number of β-amino-alcohol motifs (C(OH)–C–C–N with tert-alkyl or cyclic N) is 1. The van der Waals surface area contributed by atoms with E-state index in [0.717, 1.165) is 68.8 Å². The summed E-state index contributed by atoms with van der Waals surface area (Å²) in [6.45, 7) is 4.22. The first-order valence-electron chi connectivity index (χ1n) is 15.1. The maximum atomic E-state index is 13.6. The van der Waals surface area contributed by atoms with E-state index in [1.165, 1.54) is 23.5 Å². The Balaban J connectivity index is 1.04. The van der Waals surface area contributed by atoms with Crippen molar-refractivity contribution in [1.29, 1.82) is 5.26 Å². The lowest BCUT2D eigenvalue weighted by molar-refractivity contribution is -0.0311. The summed E-state index contributed by atoms with van der Waals surface area (Å²) < 4.78 is 15.6. The van der Waals surface area contributed by atoms with Crippen molar-refractivity contribution in [2.24, 2.45) is 5.41 Å². The second kappa shape index (κ2) is 10.1. The molecule has 13 heteroatoms. The average molecular weight is 614 g/mol. The summed E-state index contributed by atoms with van der Waals surface area (Å²) >= 11 is 1.31. The largest absolute Gasteiger partial charge is 0.389 e. The van der Waals surface area contributed by atoms with E-state index < -0.39 is 0 Å². The van der Waals surface area contributed by atoms with E-state index in [2.05, 4.69) is 21.7 Å². The monoisotopic (exact) mass is 613 g/mol. The number of urea groups is 1. The second-order valence-corrected chi connectivity index (χ2v) is 13.6. The van der Waals surface area contributed by atoms with Gasteiger partial charge in [-0.05, 0) is 56.0 Å². The van der Waals surface area contributed by atoms with E-state index >= 15 is 0 Å². The molecule has 3 aliphatic heterocycles. The van der Waals surface area contributed by atoms with Crippen LogP contribution in [0, 0.1) is 22.6 Å². The first kappa shape index (κ1) is 27.3. The Bertz CT molecular complexity index is 1790. The van der Waals surface area contributed by atoms with E-state index in [4.69, 9.17) is 15.1 Å². The Hall–Kier alpha value is -4.28. The summed E-state index contributed by atoms with van der Waals surface area (Å²) in [5, 5.41) is 25.9. The number of benzene rings is 1. The molecule has 3 aromatic heterocycles. The summed E-state index contributed by atoms with van der Waals surface area (Å²) in [5.41, 5.74) is 3.13. The third kappa shape index (κ3) is 4.55. The minimum atomic E-state index is -0.379. The fourth-order valence-electron chi connectivity index (χ4n) is 6.73. The molecule has 11 nitrogen and oxygen atoms in total. The highest BCUT2D eigenvalue weighted by Crippen LogP contribution is 2.45.